The van der Waals surface area contributed by atoms with Gasteiger partial charge in [0.2, 0.25) is 12.7 Å². The standard InChI is InChI=1S/C23H22ClN7O4/c1-12-8-19(26-21(32)13-2-7-17-18(9-13)35-11-34-17)31(29-12)23-27-20-16(22(33)28-23)10-25-30(20)15-5-3-14(24)4-6-15/h2-9,16,20,23,25,27H,10-11H2,1H3,(H,26,32)(H,28,33). The van der Waals surface area contributed by atoms with Gasteiger partial charge in [0.25, 0.3) is 5.91 Å². The van der Waals surface area contributed by atoms with Crippen molar-refractivity contribution < 1.29 is 19.1 Å². The lowest BCUT2D eigenvalue weighted by Crippen LogP contribution is -2.61. The first-order valence-electron chi connectivity index (χ1n) is 11.1. The summed E-state index contributed by atoms with van der Waals surface area (Å²) in [4.78, 5) is 26.0. The molecule has 3 unspecified atom stereocenters. The van der Waals surface area contributed by atoms with E-state index in [9.17, 15) is 9.59 Å². The van der Waals surface area contributed by atoms with Crippen LogP contribution in [0.15, 0.2) is 48.5 Å². The zero-order valence-electron chi connectivity index (χ0n) is 18.6. The number of carbonyl (C=O) groups excluding carboxylic acids is 2. The number of hydrogen-bond acceptors (Lipinski definition) is 8. The second-order valence-corrected chi connectivity index (χ2v) is 8.91. The van der Waals surface area contributed by atoms with Gasteiger partial charge in [0.05, 0.1) is 17.3 Å². The number of hydrogen-bond donors (Lipinski definition) is 4. The van der Waals surface area contributed by atoms with Crippen molar-refractivity contribution in [3.8, 4) is 11.5 Å². The topological polar surface area (TPSA) is 122 Å². The third-order valence-corrected chi connectivity index (χ3v) is 6.42. The molecule has 0 spiro atoms. The van der Waals surface area contributed by atoms with Gasteiger partial charge in [0.15, 0.2) is 17.8 Å². The molecule has 3 aliphatic rings. The summed E-state index contributed by atoms with van der Waals surface area (Å²) in [5, 5.41) is 16.3. The minimum Gasteiger partial charge on any atom is -0.454 e. The summed E-state index contributed by atoms with van der Waals surface area (Å²) in [6.45, 7) is 2.42. The monoisotopic (exact) mass is 495 g/mol. The maximum Gasteiger partial charge on any atom is 0.256 e. The number of halogens is 1. The van der Waals surface area contributed by atoms with Crippen molar-refractivity contribution in [2.75, 3.05) is 23.7 Å². The number of aromatic nitrogens is 2. The predicted molar refractivity (Wildman–Crippen MR) is 127 cm³/mol. The highest BCUT2D eigenvalue weighted by molar-refractivity contribution is 6.30. The van der Waals surface area contributed by atoms with E-state index >= 15 is 0 Å². The molecule has 2 fully saturated rings. The molecule has 2 amide bonds. The van der Waals surface area contributed by atoms with Crippen molar-refractivity contribution in [2.24, 2.45) is 5.92 Å². The van der Waals surface area contributed by atoms with Crippen LogP contribution >= 0.6 is 11.6 Å². The lowest BCUT2D eigenvalue weighted by molar-refractivity contribution is -0.129. The number of rotatable bonds is 4. The normalized spacial score (nSPS) is 22.6. The van der Waals surface area contributed by atoms with E-state index in [2.05, 4.69) is 26.5 Å². The molecule has 2 aromatic carbocycles. The molecule has 4 heterocycles. The van der Waals surface area contributed by atoms with Gasteiger partial charge in [-0.1, -0.05) is 11.6 Å². The van der Waals surface area contributed by atoms with Gasteiger partial charge in [-0.05, 0) is 49.4 Å². The maximum absolute atomic E-state index is 13.0. The minimum atomic E-state index is -0.681. The van der Waals surface area contributed by atoms with Crippen molar-refractivity contribution in [2.45, 2.75) is 19.4 Å². The van der Waals surface area contributed by atoms with Crippen LogP contribution in [0.4, 0.5) is 11.5 Å². The van der Waals surface area contributed by atoms with Crippen LogP contribution in [0.25, 0.3) is 0 Å². The largest absolute Gasteiger partial charge is 0.454 e. The molecular formula is C23H22ClN7O4. The molecule has 1 aromatic heterocycles. The van der Waals surface area contributed by atoms with E-state index in [4.69, 9.17) is 21.1 Å². The first-order chi connectivity index (χ1) is 17.0. The van der Waals surface area contributed by atoms with Gasteiger partial charge < -0.3 is 20.1 Å². The van der Waals surface area contributed by atoms with Crippen molar-refractivity contribution in [3.05, 3.63) is 64.8 Å². The Labute approximate surface area is 205 Å². The fourth-order valence-electron chi connectivity index (χ4n) is 4.48. The first kappa shape index (κ1) is 21.7. The molecule has 0 radical (unpaired) electrons. The molecule has 3 atom stereocenters. The van der Waals surface area contributed by atoms with Crippen LogP contribution in [-0.2, 0) is 4.79 Å². The average molecular weight is 496 g/mol. The fraction of sp³-hybridized carbons (Fsp3) is 0.261. The molecule has 180 valence electrons. The number of nitrogens with zero attached hydrogens (tertiary/aromatic N) is 3. The van der Waals surface area contributed by atoms with Gasteiger partial charge in [0, 0.05) is 23.2 Å². The number of benzene rings is 2. The van der Waals surface area contributed by atoms with Crippen LogP contribution in [0.5, 0.6) is 11.5 Å². The molecule has 0 aliphatic carbocycles. The second kappa shape index (κ2) is 8.45. The van der Waals surface area contributed by atoms with E-state index in [1.807, 2.05) is 24.1 Å². The van der Waals surface area contributed by atoms with E-state index in [0.29, 0.717) is 40.1 Å². The number of anilines is 2. The summed E-state index contributed by atoms with van der Waals surface area (Å²) >= 11 is 6.04. The number of carbonyl (C=O) groups is 2. The summed E-state index contributed by atoms with van der Waals surface area (Å²) in [7, 11) is 0. The average Bonchev–Trinajstić information content (AvgIpc) is 3.57. The van der Waals surface area contributed by atoms with Gasteiger partial charge >= 0.3 is 0 Å². The number of amides is 2. The molecule has 0 bridgehead atoms. The van der Waals surface area contributed by atoms with Crippen molar-refractivity contribution in [1.82, 2.24) is 25.8 Å². The summed E-state index contributed by atoms with van der Waals surface area (Å²) < 4.78 is 12.2. The number of aryl methyl sites for hydroxylation is 1. The quantitative estimate of drug-likeness (QED) is 0.433. The molecule has 35 heavy (non-hydrogen) atoms. The van der Waals surface area contributed by atoms with Crippen LogP contribution in [0.3, 0.4) is 0 Å². The third-order valence-electron chi connectivity index (χ3n) is 6.17. The van der Waals surface area contributed by atoms with Crippen LogP contribution < -0.4 is 35.9 Å². The van der Waals surface area contributed by atoms with Gasteiger partial charge in [-0.2, -0.15) is 5.10 Å². The minimum absolute atomic E-state index is 0.121. The predicted octanol–water partition coefficient (Wildman–Crippen LogP) is 1.97. The second-order valence-electron chi connectivity index (χ2n) is 8.48. The SMILES string of the molecule is Cc1cc(NC(=O)c2ccc3c(c2)OCO3)n(C2NC(=O)C3CNN(c4ccc(Cl)cc4)C3N2)n1. The Balaban J connectivity index is 1.24. The number of hydrazine groups is 1. The fourth-order valence-corrected chi connectivity index (χ4v) is 4.60. The van der Waals surface area contributed by atoms with Crippen LogP contribution in [0, 0.1) is 12.8 Å². The van der Waals surface area contributed by atoms with Crippen molar-refractivity contribution in [3.63, 3.8) is 0 Å². The smallest absolute Gasteiger partial charge is 0.256 e. The zero-order chi connectivity index (χ0) is 24.1. The van der Waals surface area contributed by atoms with E-state index in [-0.39, 0.29) is 30.7 Å². The Morgan fingerprint density at radius 3 is 2.77 bits per heavy atom. The van der Waals surface area contributed by atoms with E-state index < -0.39 is 6.29 Å². The lowest BCUT2D eigenvalue weighted by atomic mass is 10.0. The summed E-state index contributed by atoms with van der Waals surface area (Å²) in [5.74, 6) is 0.779. The summed E-state index contributed by atoms with van der Waals surface area (Å²) in [6, 6.07) is 14.1. The summed E-state index contributed by atoms with van der Waals surface area (Å²) in [6.07, 6.45) is -1.02. The third kappa shape index (κ3) is 3.93. The molecular weight excluding hydrogens is 474 g/mol. The molecule has 3 aliphatic heterocycles. The molecule has 6 rings (SSSR count). The highest BCUT2D eigenvalue weighted by Crippen LogP contribution is 2.33. The molecule has 2 saturated heterocycles. The van der Waals surface area contributed by atoms with E-state index in [0.717, 1.165) is 5.69 Å². The highest BCUT2D eigenvalue weighted by Gasteiger charge is 2.45. The number of ether oxygens (including phenoxy) is 2. The van der Waals surface area contributed by atoms with Crippen LogP contribution in [0.2, 0.25) is 5.02 Å². The van der Waals surface area contributed by atoms with E-state index in [1.165, 1.54) is 0 Å². The number of fused-ring (bicyclic) bond motifs is 2. The van der Waals surface area contributed by atoms with Crippen molar-refractivity contribution >= 4 is 34.9 Å². The maximum atomic E-state index is 13.0. The molecule has 12 heteroatoms. The van der Waals surface area contributed by atoms with Gasteiger partial charge in [-0.15, -0.1) is 0 Å². The first-order valence-corrected chi connectivity index (χ1v) is 11.5. The Hall–Kier alpha value is -3.80. The summed E-state index contributed by atoms with van der Waals surface area (Å²) in [5.41, 5.74) is 5.24. The van der Waals surface area contributed by atoms with Crippen molar-refractivity contribution in [1.29, 1.82) is 0 Å². The zero-order valence-corrected chi connectivity index (χ0v) is 19.4. The lowest BCUT2D eigenvalue weighted by Gasteiger charge is -2.37. The van der Waals surface area contributed by atoms with Gasteiger partial charge in [-0.25, -0.2) is 10.1 Å². The van der Waals surface area contributed by atoms with Gasteiger partial charge in [0.1, 0.15) is 12.0 Å². The molecule has 4 N–H and O–H groups in total. The van der Waals surface area contributed by atoms with E-state index in [1.54, 1.807) is 41.1 Å². The van der Waals surface area contributed by atoms with Gasteiger partial charge in [-0.3, -0.25) is 19.9 Å². The van der Waals surface area contributed by atoms with Crippen LogP contribution in [-0.4, -0.2) is 41.1 Å². The Bertz CT molecular complexity index is 1310. The number of nitrogens with one attached hydrogen (secondary N) is 4. The molecule has 11 nitrogen and oxygen atoms in total. The van der Waals surface area contributed by atoms with Crippen LogP contribution in [0.1, 0.15) is 22.3 Å². The Morgan fingerprint density at radius 2 is 1.94 bits per heavy atom. The Morgan fingerprint density at radius 1 is 1.14 bits per heavy atom. The Kier molecular flexibility index (Phi) is 5.24. The highest BCUT2D eigenvalue weighted by atomic mass is 35.5. The molecule has 0 saturated carbocycles. The molecule has 3 aromatic rings.